The van der Waals surface area contributed by atoms with Crippen LogP contribution in [0.2, 0.25) is 0 Å². The highest BCUT2D eigenvalue weighted by molar-refractivity contribution is 7.26. The Morgan fingerprint density at radius 1 is 0.440 bits per heavy atom. The molecule has 0 bridgehead atoms. The van der Waals surface area contributed by atoms with E-state index < -0.39 is 0 Å². The smallest absolute Gasteiger partial charge is 0.160 e. The molecule has 10 rings (SSSR count). The van der Waals surface area contributed by atoms with Crippen molar-refractivity contribution in [2.75, 3.05) is 0 Å². The highest BCUT2D eigenvalue weighted by Crippen LogP contribution is 2.44. The molecule has 0 amide bonds. The van der Waals surface area contributed by atoms with Crippen molar-refractivity contribution in [1.82, 2.24) is 14.5 Å². The van der Waals surface area contributed by atoms with Gasteiger partial charge in [0.2, 0.25) is 0 Å². The highest BCUT2D eigenvalue weighted by Gasteiger charge is 2.20. The van der Waals surface area contributed by atoms with E-state index in [1.807, 2.05) is 18.2 Å². The molecule has 234 valence electrons. The summed E-state index contributed by atoms with van der Waals surface area (Å²) in [6.45, 7) is 0. The Labute approximate surface area is 293 Å². The summed E-state index contributed by atoms with van der Waals surface area (Å²) in [7, 11) is 0. The number of nitrogens with zero attached hydrogens (tertiary/aromatic N) is 3. The van der Waals surface area contributed by atoms with Crippen LogP contribution in [-0.2, 0) is 0 Å². The molecule has 0 spiro atoms. The zero-order valence-electron chi connectivity index (χ0n) is 27.0. The lowest BCUT2D eigenvalue weighted by Crippen LogP contribution is -1.95. The van der Waals surface area contributed by atoms with Gasteiger partial charge in [-0.15, -0.1) is 11.3 Å². The van der Waals surface area contributed by atoms with Gasteiger partial charge in [0.05, 0.1) is 26.9 Å². The standard InChI is InChI=1S/C46H29N3S/c1-4-14-30(15-5-1)33-26-27-40-38(29-33)37-22-10-11-24-39(37)49(40)35-21-12-20-34(28-35)36-23-13-25-41-42(36)44-45(50-41)43(31-16-6-2-7-17-31)47-46(48-44)32-18-8-3-9-19-32/h1-29H. The molecule has 4 heteroatoms. The van der Waals surface area contributed by atoms with Crippen molar-refractivity contribution in [1.29, 1.82) is 0 Å². The van der Waals surface area contributed by atoms with Gasteiger partial charge in [0.1, 0.15) is 0 Å². The molecular weight excluding hydrogens is 627 g/mol. The van der Waals surface area contributed by atoms with Crippen LogP contribution in [-0.4, -0.2) is 14.5 Å². The van der Waals surface area contributed by atoms with Gasteiger partial charge in [0.25, 0.3) is 0 Å². The number of aromatic nitrogens is 3. The molecule has 0 saturated heterocycles. The van der Waals surface area contributed by atoms with Gasteiger partial charge in [-0.1, -0.05) is 140 Å². The van der Waals surface area contributed by atoms with Crippen LogP contribution in [0, 0.1) is 0 Å². The Kier molecular flexibility index (Phi) is 6.68. The van der Waals surface area contributed by atoms with E-state index in [1.165, 1.54) is 43.2 Å². The van der Waals surface area contributed by atoms with Gasteiger partial charge < -0.3 is 4.57 Å². The Balaban J connectivity index is 1.19. The van der Waals surface area contributed by atoms with Gasteiger partial charge in [-0.2, -0.15) is 0 Å². The Morgan fingerprint density at radius 3 is 1.90 bits per heavy atom. The van der Waals surface area contributed by atoms with Crippen LogP contribution in [0.15, 0.2) is 176 Å². The molecule has 3 aromatic heterocycles. The van der Waals surface area contributed by atoms with Crippen LogP contribution in [0.3, 0.4) is 0 Å². The lowest BCUT2D eigenvalue weighted by Gasteiger charge is -2.12. The second kappa shape index (κ2) is 11.7. The first kappa shape index (κ1) is 28.6. The summed E-state index contributed by atoms with van der Waals surface area (Å²) in [6, 6.07) is 62.5. The maximum Gasteiger partial charge on any atom is 0.160 e. The number of benzene rings is 7. The molecular formula is C46H29N3S. The summed E-state index contributed by atoms with van der Waals surface area (Å²) in [5, 5.41) is 3.66. The van der Waals surface area contributed by atoms with E-state index >= 15 is 0 Å². The highest BCUT2D eigenvalue weighted by atomic mass is 32.1. The number of para-hydroxylation sites is 1. The van der Waals surface area contributed by atoms with Crippen LogP contribution in [0.5, 0.6) is 0 Å². The van der Waals surface area contributed by atoms with Gasteiger partial charge in [-0.05, 0) is 58.7 Å². The first-order valence-corrected chi connectivity index (χ1v) is 17.7. The fourth-order valence-electron chi connectivity index (χ4n) is 7.31. The molecule has 10 aromatic rings. The Bertz CT molecular complexity index is 2850. The van der Waals surface area contributed by atoms with Crippen molar-refractivity contribution in [3.8, 4) is 50.6 Å². The largest absolute Gasteiger partial charge is 0.309 e. The zero-order valence-corrected chi connectivity index (χ0v) is 27.8. The average Bonchev–Trinajstić information content (AvgIpc) is 3.74. The van der Waals surface area contributed by atoms with E-state index in [9.17, 15) is 0 Å². The lowest BCUT2D eigenvalue weighted by molar-refractivity contribution is 1.18. The topological polar surface area (TPSA) is 30.7 Å². The van der Waals surface area contributed by atoms with E-state index in [-0.39, 0.29) is 0 Å². The van der Waals surface area contributed by atoms with Crippen LogP contribution in [0.1, 0.15) is 0 Å². The Morgan fingerprint density at radius 2 is 1.10 bits per heavy atom. The summed E-state index contributed by atoms with van der Waals surface area (Å²) in [5.41, 5.74) is 12.3. The quantitative estimate of drug-likeness (QED) is 0.185. The maximum atomic E-state index is 5.29. The third-order valence-electron chi connectivity index (χ3n) is 9.61. The van der Waals surface area contributed by atoms with Crippen molar-refractivity contribution in [3.63, 3.8) is 0 Å². The fourth-order valence-corrected chi connectivity index (χ4v) is 8.49. The molecule has 50 heavy (non-hydrogen) atoms. The van der Waals surface area contributed by atoms with Crippen molar-refractivity contribution in [3.05, 3.63) is 176 Å². The predicted octanol–water partition coefficient (Wildman–Crippen LogP) is 12.6. The molecule has 3 heterocycles. The van der Waals surface area contributed by atoms with Crippen LogP contribution < -0.4 is 0 Å². The van der Waals surface area contributed by atoms with Crippen LogP contribution in [0.4, 0.5) is 0 Å². The number of thiophene rings is 1. The molecule has 0 aliphatic carbocycles. The zero-order chi connectivity index (χ0) is 33.0. The number of rotatable bonds is 5. The van der Waals surface area contributed by atoms with Crippen molar-refractivity contribution in [2.45, 2.75) is 0 Å². The second-order valence-electron chi connectivity index (χ2n) is 12.6. The van der Waals surface area contributed by atoms with E-state index in [1.54, 1.807) is 11.3 Å². The molecule has 0 radical (unpaired) electrons. The third kappa shape index (κ3) is 4.65. The minimum absolute atomic E-state index is 0.736. The summed E-state index contributed by atoms with van der Waals surface area (Å²) in [4.78, 5) is 10.5. The number of hydrogen-bond donors (Lipinski definition) is 0. The second-order valence-corrected chi connectivity index (χ2v) is 13.6. The number of fused-ring (bicyclic) bond motifs is 6. The summed E-state index contributed by atoms with van der Waals surface area (Å²) in [6.07, 6.45) is 0. The minimum Gasteiger partial charge on any atom is -0.309 e. The number of hydrogen-bond acceptors (Lipinski definition) is 3. The molecule has 0 fully saturated rings. The monoisotopic (exact) mass is 655 g/mol. The first-order valence-electron chi connectivity index (χ1n) is 16.8. The van der Waals surface area contributed by atoms with Gasteiger partial charge in [0.15, 0.2) is 5.82 Å². The van der Waals surface area contributed by atoms with Crippen molar-refractivity contribution < 1.29 is 0 Å². The van der Waals surface area contributed by atoms with Crippen LogP contribution >= 0.6 is 11.3 Å². The summed E-state index contributed by atoms with van der Waals surface area (Å²) >= 11 is 1.77. The molecule has 0 unspecified atom stereocenters. The summed E-state index contributed by atoms with van der Waals surface area (Å²) in [5.74, 6) is 0.736. The van der Waals surface area contributed by atoms with E-state index in [0.29, 0.717) is 0 Å². The van der Waals surface area contributed by atoms with Gasteiger partial charge in [0, 0.05) is 37.7 Å². The van der Waals surface area contributed by atoms with Gasteiger partial charge in [-0.3, -0.25) is 0 Å². The Hall–Kier alpha value is -6.36. The van der Waals surface area contributed by atoms with Gasteiger partial charge >= 0.3 is 0 Å². The molecule has 0 aliphatic heterocycles. The minimum atomic E-state index is 0.736. The van der Waals surface area contributed by atoms with E-state index in [2.05, 4.69) is 162 Å². The van der Waals surface area contributed by atoms with Crippen LogP contribution in [0.25, 0.3) is 92.7 Å². The van der Waals surface area contributed by atoms with Crippen molar-refractivity contribution in [2.24, 2.45) is 0 Å². The predicted molar refractivity (Wildman–Crippen MR) is 211 cm³/mol. The van der Waals surface area contributed by atoms with Crippen molar-refractivity contribution >= 4 is 53.4 Å². The molecule has 3 nitrogen and oxygen atoms in total. The van der Waals surface area contributed by atoms with Gasteiger partial charge in [-0.25, -0.2) is 9.97 Å². The molecule has 0 atom stereocenters. The fraction of sp³-hybridized carbons (Fsp3) is 0. The lowest BCUT2D eigenvalue weighted by atomic mass is 10.00. The van der Waals surface area contributed by atoms with E-state index in [0.717, 1.165) is 49.5 Å². The molecule has 0 aliphatic rings. The maximum absolute atomic E-state index is 5.29. The average molecular weight is 656 g/mol. The molecule has 0 N–H and O–H groups in total. The van der Waals surface area contributed by atoms with E-state index in [4.69, 9.17) is 9.97 Å². The normalized spacial score (nSPS) is 11.6. The molecule has 0 saturated carbocycles. The summed E-state index contributed by atoms with van der Waals surface area (Å²) < 4.78 is 4.70. The third-order valence-corrected chi connectivity index (χ3v) is 10.8. The first-order chi connectivity index (χ1) is 24.8. The molecule has 7 aromatic carbocycles. The SMILES string of the molecule is c1ccc(-c2ccc3c(c2)c2ccccc2n3-c2cccc(-c3cccc4sc5c(-c6ccccc6)nc(-c6ccccc6)nc5c34)c2)cc1.